The number of aliphatic hydroxyl groups is 1. The fourth-order valence-electron chi connectivity index (χ4n) is 0.453. The van der Waals surface area contributed by atoms with Crippen molar-refractivity contribution in [2.75, 3.05) is 40.9 Å². The molecule has 0 aromatic carbocycles. The summed E-state index contributed by atoms with van der Waals surface area (Å²) >= 11 is 0. The zero-order valence-electron chi connectivity index (χ0n) is 7.45. The molecular weight excluding hydrogens is 144 g/mol. The Morgan fingerprint density at radius 1 is 1.45 bits per heavy atom. The molecule has 0 atom stereocenters. The first kappa shape index (κ1) is 10.4. The number of hydrogen-bond acceptors (Lipinski definition) is 3. The van der Waals surface area contributed by atoms with Crippen LogP contribution in [0, 0.1) is 0 Å². The Kier molecular flexibility index (Phi) is 4.81. The standard InChI is InChI=1S/C7H17N2O2/c1-9(2,3)5-7-11-8-4-6-10/h4,10H,5-7H2,1-3H3/q+1/b8-4+. The molecule has 0 aliphatic rings. The van der Waals surface area contributed by atoms with Crippen molar-refractivity contribution in [2.24, 2.45) is 5.16 Å². The minimum atomic E-state index is -0.0651. The topological polar surface area (TPSA) is 41.8 Å². The van der Waals surface area contributed by atoms with Crippen LogP contribution in [0.2, 0.25) is 0 Å². The van der Waals surface area contributed by atoms with Gasteiger partial charge in [-0.2, -0.15) is 0 Å². The number of rotatable bonds is 5. The first-order chi connectivity index (χ1) is 5.06. The predicted molar refractivity (Wildman–Crippen MR) is 44.4 cm³/mol. The van der Waals surface area contributed by atoms with E-state index in [-0.39, 0.29) is 6.61 Å². The van der Waals surface area contributed by atoms with E-state index in [1.807, 2.05) is 0 Å². The molecule has 0 aliphatic heterocycles. The van der Waals surface area contributed by atoms with E-state index in [2.05, 4.69) is 26.3 Å². The number of hydrogen-bond donors (Lipinski definition) is 1. The van der Waals surface area contributed by atoms with Crippen molar-refractivity contribution in [1.82, 2.24) is 0 Å². The van der Waals surface area contributed by atoms with E-state index < -0.39 is 0 Å². The number of quaternary nitrogens is 1. The first-order valence-corrected chi connectivity index (χ1v) is 3.61. The zero-order valence-corrected chi connectivity index (χ0v) is 7.45. The average Bonchev–Trinajstić information content (AvgIpc) is 1.85. The molecule has 0 fully saturated rings. The smallest absolute Gasteiger partial charge is 0.165 e. The van der Waals surface area contributed by atoms with Crippen molar-refractivity contribution < 1.29 is 14.4 Å². The minimum absolute atomic E-state index is 0.0651. The molecule has 66 valence electrons. The summed E-state index contributed by atoms with van der Waals surface area (Å²) < 4.78 is 0.856. The quantitative estimate of drug-likeness (QED) is 0.260. The fourth-order valence-corrected chi connectivity index (χ4v) is 0.453. The molecule has 4 nitrogen and oxygen atoms in total. The summed E-state index contributed by atoms with van der Waals surface area (Å²) in [5, 5.41) is 11.8. The maximum absolute atomic E-state index is 8.29. The maximum atomic E-state index is 8.29. The van der Waals surface area contributed by atoms with Gasteiger partial charge in [0.25, 0.3) is 0 Å². The summed E-state index contributed by atoms with van der Waals surface area (Å²) in [5.74, 6) is 0. The van der Waals surface area contributed by atoms with Crippen LogP contribution in [0.1, 0.15) is 0 Å². The zero-order chi connectivity index (χ0) is 8.74. The van der Waals surface area contributed by atoms with Gasteiger partial charge >= 0.3 is 0 Å². The van der Waals surface area contributed by atoms with Crippen LogP contribution in [0.25, 0.3) is 0 Å². The highest BCUT2D eigenvalue weighted by atomic mass is 16.6. The van der Waals surface area contributed by atoms with Crippen molar-refractivity contribution in [3.8, 4) is 0 Å². The second kappa shape index (κ2) is 5.09. The Labute approximate surface area is 67.7 Å². The molecule has 0 aromatic heterocycles. The van der Waals surface area contributed by atoms with Gasteiger partial charge in [0.2, 0.25) is 0 Å². The monoisotopic (exact) mass is 161 g/mol. The Morgan fingerprint density at radius 3 is 2.55 bits per heavy atom. The highest BCUT2D eigenvalue weighted by Gasteiger charge is 2.05. The van der Waals surface area contributed by atoms with E-state index in [1.165, 1.54) is 6.21 Å². The van der Waals surface area contributed by atoms with E-state index in [0.29, 0.717) is 6.61 Å². The van der Waals surface area contributed by atoms with Crippen molar-refractivity contribution >= 4 is 6.21 Å². The fraction of sp³-hybridized carbons (Fsp3) is 0.857. The lowest BCUT2D eigenvalue weighted by atomic mass is 10.5. The van der Waals surface area contributed by atoms with E-state index in [9.17, 15) is 0 Å². The second-order valence-corrected chi connectivity index (χ2v) is 3.32. The molecule has 0 bridgehead atoms. The second-order valence-electron chi connectivity index (χ2n) is 3.32. The molecule has 0 aliphatic carbocycles. The minimum Gasteiger partial charge on any atom is -0.391 e. The van der Waals surface area contributed by atoms with Crippen LogP contribution in [-0.4, -0.2) is 56.7 Å². The van der Waals surface area contributed by atoms with Crippen LogP contribution in [-0.2, 0) is 4.84 Å². The van der Waals surface area contributed by atoms with Gasteiger partial charge in [0.05, 0.1) is 34.0 Å². The molecule has 0 aromatic rings. The number of nitrogens with zero attached hydrogens (tertiary/aromatic N) is 2. The van der Waals surface area contributed by atoms with E-state index in [4.69, 9.17) is 9.94 Å². The number of oxime groups is 1. The van der Waals surface area contributed by atoms with Gasteiger partial charge in [0.15, 0.2) is 6.61 Å². The third kappa shape index (κ3) is 9.39. The summed E-state index contributed by atoms with van der Waals surface area (Å²) in [6.07, 6.45) is 1.33. The van der Waals surface area contributed by atoms with Gasteiger partial charge in [0, 0.05) is 0 Å². The van der Waals surface area contributed by atoms with Gasteiger partial charge in [-0.05, 0) is 0 Å². The molecule has 4 heteroatoms. The lowest BCUT2D eigenvalue weighted by Gasteiger charge is -2.22. The largest absolute Gasteiger partial charge is 0.391 e. The lowest BCUT2D eigenvalue weighted by molar-refractivity contribution is -0.870. The Morgan fingerprint density at radius 2 is 2.09 bits per heavy atom. The molecule has 1 N–H and O–H groups in total. The van der Waals surface area contributed by atoms with Gasteiger partial charge in [-0.3, -0.25) is 0 Å². The maximum Gasteiger partial charge on any atom is 0.165 e. The Balaban J connectivity index is 3.21. The third-order valence-electron chi connectivity index (χ3n) is 1.08. The van der Waals surface area contributed by atoms with Crippen LogP contribution in [0.15, 0.2) is 5.16 Å². The van der Waals surface area contributed by atoms with E-state index >= 15 is 0 Å². The number of aliphatic hydroxyl groups excluding tert-OH is 1. The number of likely N-dealkylation sites (N-methyl/N-ethyl adjacent to an activating group) is 1. The molecule has 0 saturated heterocycles. The van der Waals surface area contributed by atoms with Crippen LogP contribution in [0.5, 0.6) is 0 Å². The highest BCUT2D eigenvalue weighted by Crippen LogP contribution is 1.88. The highest BCUT2D eigenvalue weighted by molar-refractivity contribution is 5.57. The molecule has 0 spiro atoms. The van der Waals surface area contributed by atoms with Crippen molar-refractivity contribution in [3.63, 3.8) is 0 Å². The average molecular weight is 161 g/mol. The summed E-state index contributed by atoms with van der Waals surface area (Å²) in [5.41, 5.74) is 0. The normalized spacial score (nSPS) is 12.4. The summed E-state index contributed by atoms with van der Waals surface area (Å²) in [7, 11) is 6.25. The van der Waals surface area contributed by atoms with Crippen LogP contribution >= 0.6 is 0 Å². The van der Waals surface area contributed by atoms with Crippen molar-refractivity contribution in [3.05, 3.63) is 0 Å². The predicted octanol–water partition coefficient (Wildman–Crippen LogP) is -0.313. The summed E-state index contributed by atoms with van der Waals surface area (Å²) in [4.78, 5) is 4.84. The molecule has 11 heavy (non-hydrogen) atoms. The van der Waals surface area contributed by atoms with Crippen molar-refractivity contribution in [2.45, 2.75) is 0 Å². The van der Waals surface area contributed by atoms with Gasteiger partial charge < -0.3 is 14.4 Å². The SMILES string of the molecule is C[N+](C)(C)CCO/N=C/CO. The van der Waals surface area contributed by atoms with Gasteiger partial charge in [-0.1, -0.05) is 5.16 Å². The Hall–Kier alpha value is -0.610. The third-order valence-corrected chi connectivity index (χ3v) is 1.08. The molecule has 0 radical (unpaired) electrons. The van der Waals surface area contributed by atoms with Gasteiger partial charge in [-0.15, -0.1) is 0 Å². The molecular formula is C7H17N2O2+. The first-order valence-electron chi connectivity index (χ1n) is 3.61. The van der Waals surface area contributed by atoms with E-state index in [1.54, 1.807) is 0 Å². The summed E-state index contributed by atoms with van der Waals surface area (Å²) in [6, 6.07) is 0. The molecule has 0 saturated carbocycles. The molecule has 0 rings (SSSR count). The molecule has 0 amide bonds. The van der Waals surface area contributed by atoms with E-state index in [0.717, 1.165) is 11.0 Å². The summed E-state index contributed by atoms with van der Waals surface area (Å²) in [6.45, 7) is 1.42. The van der Waals surface area contributed by atoms with Gasteiger partial charge in [0.1, 0.15) is 6.54 Å². The molecule has 0 heterocycles. The van der Waals surface area contributed by atoms with Crippen molar-refractivity contribution in [1.29, 1.82) is 0 Å². The molecule has 0 unspecified atom stereocenters. The van der Waals surface area contributed by atoms with Gasteiger partial charge in [-0.25, -0.2) is 0 Å². The van der Waals surface area contributed by atoms with Crippen LogP contribution in [0.3, 0.4) is 0 Å². The lowest BCUT2D eigenvalue weighted by Crippen LogP contribution is -2.37. The van der Waals surface area contributed by atoms with Crippen LogP contribution < -0.4 is 0 Å². The van der Waals surface area contributed by atoms with Crippen LogP contribution in [0.4, 0.5) is 0 Å². The Bertz CT molecular complexity index is 118.